The third-order valence-electron chi connectivity index (χ3n) is 3.99. The highest BCUT2D eigenvalue weighted by molar-refractivity contribution is 5.92. The zero-order valence-corrected chi connectivity index (χ0v) is 16.3. The molecule has 29 heavy (non-hydrogen) atoms. The van der Waals surface area contributed by atoms with E-state index < -0.39 is 28.5 Å². The van der Waals surface area contributed by atoms with Gasteiger partial charge in [-0.05, 0) is 36.4 Å². The van der Waals surface area contributed by atoms with E-state index in [2.05, 4.69) is 0 Å². The fraction of sp³-hybridized carbons (Fsp3) is 0.300. The molecule has 0 spiro atoms. The fourth-order valence-electron chi connectivity index (χ4n) is 2.22. The molecular weight excluding hydrogens is 380 g/mol. The van der Waals surface area contributed by atoms with E-state index in [9.17, 15) is 19.7 Å². The minimum atomic E-state index is -0.952. The van der Waals surface area contributed by atoms with Crippen molar-refractivity contribution < 1.29 is 28.7 Å². The van der Waals surface area contributed by atoms with Crippen molar-refractivity contribution in [1.29, 1.82) is 0 Å². The van der Waals surface area contributed by atoms with Gasteiger partial charge in [-0.1, -0.05) is 20.8 Å². The Morgan fingerprint density at radius 3 is 2.07 bits per heavy atom. The van der Waals surface area contributed by atoms with Gasteiger partial charge in [-0.25, -0.2) is 4.79 Å². The van der Waals surface area contributed by atoms with E-state index in [0.29, 0.717) is 11.3 Å². The van der Waals surface area contributed by atoms with E-state index in [4.69, 9.17) is 19.9 Å². The first kappa shape index (κ1) is 21.7. The van der Waals surface area contributed by atoms with Crippen LogP contribution in [-0.4, -0.2) is 29.7 Å². The van der Waals surface area contributed by atoms with Crippen LogP contribution in [0.5, 0.6) is 11.5 Å². The first-order valence-corrected chi connectivity index (χ1v) is 8.72. The average Bonchev–Trinajstić information content (AvgIpc) is 2.65. The number of carbonyl (C=O) groups excluding carboxylic acids is 2. The van der Waals surface area contributed by atoms with Gasteiger partial charge in [-0.2, -0.15) is 0 Å². The van der Waals surface area contributed by atoms with Crippen LogP contribution in [0.4, 0.5) is 10.5 Å². The maximum Gasteiger partial charge on any atom is 0.514 e. The van der Waals surface area contributed by atoms with Gasteiger partial charge in [0.1, 0.15) is 24.2 Å². The molecule has 0 saturated carbocycles. The standard InChI is InChI=1S/C20H22N2O7/c1-20(2,3)17(12-27-15-8-4-13(5-9-15)18(21)23)29-19(24)28-16-10-6-14(7-11-16)22(25)26/h4-11,17H,12H2,1-3H3,(H2,21,23)/t17-/m1/s1. The lowest BCUT2D eigenvalue weighted by molar-refractivity contribution is -0.384. The number of nitro benzene ring substituents is 1. The van der Waals surface area contributed by atoms with Gasteiger partial charge in [0.25, 0.3) is 5.69 Å². The van der Waals surface area contributed by atoms with Crippen molar-refractivity contribution in [3.8, 4) is 11.5 Å². The molecule has 0 aliphatic rings. The molecular formula is C20H22N2O7. The second-order valence-corrected chi connectivity index (χ2v) is 7.28. The van der Waals surface area contributed by atoms with Gasteiger partial charge in [0.05, 0.1) is 4.92 Å². The Balaban J connectivity index is 1.98. The number of hydrogen-bond acceptors (Lipinski definition) is 7. The molecule has 9 nitrogen and oxygen atoms in total. The molecule has 2 N–H and O–H groups in total. The quantitative estimate of drug-likeness (QED) is 0.323. The summed E-state index contributed by atoms with van der Waals surface area (Å²) in [6.07, 6.45) is -1.60. The van der Waals surface area contributed by atoms with E-state index in [1.54, 1.807) is 12.1 Å². The van der Waals surface area contributed by atoms with Crippen molar-refractivity contribution in [1.82, 2.24) is 0 Å². The second-order valence-electron chi connectivity index (χ2n) is 7.28. The molecule has 0 bridgehead atoms. The Bertz CT molecular complexity index is 871. The third kappa shape index (κ3) is 6.49. The molecule has 1 amide bonds. The Hall–Kier alpha value is -3.62. The Morgan fingerprint density at radius 2 is 1.59 bits per heavy atom. The Labute approximate surface area is 167 Å². The number of non-ortho nitro benzene ring substituents is 1. The number of nitrogens with zero attached hydrogens (tertiary/aromatic N) is 1. The predicted octanol–water partition coefficient (Wildman–Crippen LogP) is 3.70. The molecule has 0 saturated heterocycles. The third-order valence-corrected chi connectivity index (χ3v) is 3.99. The summed E-state index contributed by atoms with van der Waals surface area (Å²) in [6.45, 7) is 5.66. The van der Waals surface area contributed by atoms with Crippen LogP contribution in [0.1, 0.15) is 31.1 Å². The van der Waals surface area contributed by atoms with Gasteiger partial charge in [0, 0.05) is 23.1 Å². The van der Waals surface area contributed by atoms with Crippen molar-refractivity contribution in [2.75, 3.05) is 6.61 Å². The molecule has 2 aromatic rings. The van der Waals surface area contributed by atoms with Gasteiger partial charge in [0.15, 0.2) is 0 Å². The molecule has 9 heteroatoms. The molecule has 0 aliphatic carbocycles. The van der Waals surface area contributed by atoms with Crippen LogP contribution in [0, 0.1) is 15.5 Å². The molecule has 0 aliphatic heterocycles. The summed E-state index contributed by atoms with van der Waals surface area (Å²) in [5, 5.41) is 10.7. The topological polar surface area (TPSA) is 131 Å². The highest BCUT2D eigenvalue weighted by Gasteiger charge is 2.30. The van der Waals surface area contributed by atoms with Crippen LogP contribution in [0.15, 0.2) is 48.5 Å². The Kier molecular flexibility index (Phi) is 6.76. The fourth-order valence-corrected chi connectivity index (χ4v) is 2.22. The molecule has 0 heterocycles. The lowest BCUT2D eigenvalue weighted by atomic mass is 9.89. The van der Waals surface area contributed by atoms with Gasteiger partial charge in [-0.3, -0.25) is 14.9 Å². The number of benzene rings is 2. The Morgan fingerprint density at radius 1 is 1.03 bits per heavy atom. The maximum atomic E-state index is 12.1. The zero-order valence-electron chi connectivity index (χ0n) is 16.3. The molecule has 154 valence electrons. The summed E-state index contributed by atoms with van der Waals surface area (Å²) in [6, 6.07) is 11.3. The molecule has 0 unspecified atom stereocenters. The van der Waals surface area contributed by atoms with E-state index in [1.165, 1.54) is 36.4 Å². The van der Waals surface area contributed by atoms with Crippen LogP contribution in [-0.2, 0) is 4.74 Å². The summed E-state index contributed by atoms with van der Waals surface area (Å²) in [7, 11) is 0. The summed E-state index contributed by atoms with van der Waals surface area (Å²) >= 11 is 0. The lowest BCUT2D eigenvalue weighted by Crippen LogP contribution is -2.37. The first-order chi connectivity index (χ1) is 13.6. The van der Waals surface area contributed by atoms with Crippen molar-refractivity contribution in [2.45, 2.75) is 26.9 Å². The van der Waals surface area contributed by atoms with Crippen LogP contribution in [0.25, 0.3) is 0 Å². The van der Waals surface area contributed by atoms with Crippen molar-refractivity contribution in [2.24, 2.45) is 11.1 Å². The molecule has 2 rings (SSSR count). The minimum Gasteiger partial charge on any atom is -0.490 e. The highest BCUT2D eigenvalue weighted by atomic mass is 16.7. The van der Waals surface area contributed by atoms with Crippen molar-refractivity contribution >= 4 is 17.7 Å². The number of ether oxygens (including phenoxy) is 3. The van der Waals surface area contributed by atoms with Gasteiger partial charge in [0.2, 0.25) is 5.91 Å². The average molecular weight is 402 g/mol. The van der Waals surface area contributed by atoms with Crippen LogP contribution in [0.2, 0.25) is 0 Å². The molecule has 0 fully saturated rings. The van der Waals surface area contributed by atoms with Crippen molar-refractivity contribution in [3.63, 3.8) is 0 Å². The summed E-state index contributed by atoms with van der Waals surface area (Å²) in [4.78, 5) is 33.4. The summed E-state index contributed by atoms with van der Waals surface area (Å²) in [5.74, 6) is 0.0641. The van der Waals surface area contributed by atoms with Gasteiger partial charge in [-0.15, -0.1) is 0 Å². The second kappa shape index (κ2) is 9.05. The van der Waals surface area contributed by atoms with E-state index in [-0.39, 0.29) is 18.0 Å². The zero-order chi connectivity index (χ0) is 21.6. The number of rotatable bonds is 7. The largest absolute Gasteiger partial charge is 0.514 e. The smallest absolute Gasteiger partial charge is 0.490 e. The van der Waals surface area contributed by atoms with Crippen LogP contribution < -0.4 is 15.2 Å². The highest BCUT2D eigenvalue weighted by Crippen LogP contribution is 2.25. The first-order valence-electron chi connectivity index (χ1n) is 8.72. The van der Waals surface area contributed by atoms with E-state index in [1.807, 2.05) is 20.8 Å². The van der Waals surface area contributed by atoms with Crippen LogP contribution in [0.3, 0.4) is 0 Å². The number of carbonyl (C=O) groups is 2. The van der Waals surface area contributed by atoms with Crippen LogP contribution >= 0.6 is 0 Å². The minimum absolute atomic E-state index is 0.0504. The molecule has 1 atom stereocenters. The number of primary amides is 1. The molecule has 0 radical (unpaired) electrons. The SMILES string of the molecule is CC(C)(C)[C@@H](COc1ccc(C(N)=O)cc1)OC(=O)Oc1ccc([N+](=O)[O-])cc1. The number of nitrogens with two attached hydrogens (primary N) is 1. The number of hydrogen-bond donors (Lipinski definition) is 1. The van der Waals surface area contributed by atoms with E-state index in [0.717, 1.165) is 0 Å². The maximum absolute atomic E-state index is 12.1. The normalized spacial score (nSPS) is 12.0. The van der Waals surface area contributed by atoms with Crippen molar-refractivity contribution in [3.05, 3.63) is 64.2 Å². The molecule has 2 aromatic carbocycles. The predicted molar refractivity (Wildman–Crippen MR) is 104 cm³/mol. The molecule has 0 aromatic heterocycles. The summed E-state index contributed by atoms with van der Waals surface area (Å²) in [5.41, 5.74) is 4.98. The number of nitro groups is 1. The monoisotopic (exact) mass is 402 g/mol. The van der Waals surface area contributed by atoms with E-state index >= 15 is 0 Å². The lowest BCUT2D eigenvalue weighted by Gasteiger charge is -2.29. The number of amides is 1. The van der Waals surface area contributed by atoms with Gasteiger partial charge >= 0.3 is 6.16 Å². The van der Waals surface area contributed by atoms with Gasteiger partial charge < -0.3 is 19.9 Å². The summed E-state index contributed by atoms with van der Waals surface area (Å²) < 4.78 is 16.1.